The first-order valence-electron chi connectivity index (χ1n) is 6.16. The van der Waals surface area contributed by atoms with Crippen molar-refractivity contribution in [3.05, 3.63) is 68.4 Å². The van der Waals surface area contributed by atoms with Crippen molar-refractivity contribution >= 4 is 51.6 Å². The van der Waals surface area contributed by atoms with Crippen molar-refractivity contribution in [1.29, 1.82) is 0 Å². The van der Waals surface area contributed by atoms with Gasteiger partial charge >= 0.3 is 0 Å². The zero-order valence-electron chi connectivity index (χ0n) is 10.9. The molecule has 0 aliphatic rings. The first-order chi connectivity index (χ1) is 9.99. The maximum Gasteiger partial charge on any atom is 0.230 e. The molecule has 0 aliphatic carbocycles. The van der Waals surface area contributed by atoms with Gasteiger partial charge in [-0.1, -0.05) is 40.9 Å². The molecule has 0 atom stereocenters. The van der Waals surface area contributed by atoms with Gasteiger partial charge in [0.2, 0.25) is 5.78 Å². The van der Waals surface area contributed by atoms with Crippen molar-refractivity contribution < 1.29 is 9.21 Å². The van der Waals surface area contributed by atoms with E-state index in [9.17, 15) is 4.79 Å². The highest BCUT2D eigenvalue weighted by molar-refractivity contribution is 6.44. The van der Waals surface area contributed by atoms with Crippen molar-refractivity contribution in [1.82, 2.24) is 0 Å². The van der Waals surface area contributed by atoms with Crippen LogP contribution in [0, 0.1) is 6.92 Å². The van der Waals surface area contributed by atoms with Crippen LogP contribution in [0.4, 0.5) is 0 Å². The molecular formula is C16H9Cl3O2. The molecular weight excluding hydrogens is 331 g/mol. The number of ketones is 1. The molecule has 1 aromatic heterocycles. The van der Waals surface area contributed by atoms with E-state index >= 15 is 0 Å². The average molecular weight is 340 g/mol. The number of halogens is 3. The summed E-state index contributed by atoms with van der Waals surface area (Å²) in [6.07, 6.45) is 0. The van der Waals surface area contributed by atoms with Crippen molar-refractivity contribution in [3.8, 4) is 0 Å². The molecule has 0 amide bonds. The normalized spacial score (nSPS) is 11.0. The van der Waals surface area contributed by atoms with E-state index in [1.807, 2.05) is 6.92 Å². The molecule has 106 valence electrons. The van der Waals surface area contributed by atoms with Gasteiger partial charge in [-0.05, 0) is 37.3 Å². The first kappa shape index (κ1) is 14.5. The third kappa shape index (κ3) is 2.44. The van der Waals surface area contributed by atoms with Crippen LogP contribution in [0.2, 0.25) is 15.1 Å². The summed E-state index contributed by atoms with van der Waals surface area (Å²) in [5.74, 6) is -0.0521. The Morgan fingerprint density at radius 2 is 1.86 bits per heavy atom. The molecule has 0 saturated heterocycles. The predicted octanol–water partition coefficient (Wildman–Crippen LogP) is 5.93. The summed E-state index contributed by atoms with van der Waals surface area (Å²) in [5.41, 5.74) is 1.66. The van der Waals surface area contributed by atoms with Gasteiger partial charge in [-0.25, -0.2) is 0 Å². The van der Waals surface area contributed by atoms with Gasteiger partial charge in [0, 0.05) is 21.5 Å². The maximum atomic E-state index is 12.6. The fourth-order valence-electron chi connectivity index (χ4n) is 2.21. The highest BCUT2D eigenvalue weighted by Gasteiger charge is 2.22. The second kappa shape index (κ2) is 5.38. The van der Waals surface area contributed by atoms with E-state index in [-0.39, 0.29) is 16.6 Å². The highest BCUT2D eigenvalue weighted by atomic mass is 35.5. The van der Waals surface area contributed by atoms with Crippen LogP contribution < -0.4 is 0 Å². The van der Waals surface area contributed by atoms with Crippen LogP contribution in [0.25, 0.3) is 11.0 Å². The van der Waals surface area contributed by atoms with E-state index in [0.717, 1.165) is 10.9 Å². The van der Waals surface area contributed by atoms with Gasteiger partial charge in [0.15, 0.2) is 5.76 Å². The molecule has 0 saturated carbocycles. The number of furan rings is 1. The molecule has 5 heteroatoms. The van der Waals surface area contributed by atoms with Crippen LogP contribution in [-0.4, -0.2) is 5.78 Å². The lowest BCUT2D eigenvalue weighted by Crippen LogP contribution is -2.02. The quantitative estimate of drug-likeness (QED) is 0.541. The minimum Gasteiger partial charge on any atom is -0.452 e. The number of aryl methyl sites for hydroxylation is 1. The number of fused-ring (bicyclic) bond motifs is 1. The molecule has 2 aromatic carbocycles. The Bertz CT molecular complexity index is 865. The molecule has 3 rings (SSSR count). The molecule has 0 fully saturated rings. The smallest absolute Gasteiger partial charge is 0.230 e. The lowest BCUT2D eigenvalue weighted by molar-refractivity contribution is 0.101. The molecule has 1 heterocycles. The largest absolute Gasteiger partial charge is 0.452 e. The Hall–Kier alpha value is -1.48. The second-order valence-electron chi connectivity index (χ2n) is 4.63. The maximum absolute atomic E-state index is 12.6. The predicted molar refractivity (Wildman–Crippen MR) is 85.9 cm³/mol. The Labute approximate surface area is 136 Å². The van der Waals surface area contributed by atoms with Gasteiger partial charge < -0.3 is 4.42 Å². The van der Waals surface area contributed by atoms with E-state index in [1.165, 1.54) is 0 Å². The van der Waals surface area contributed by atoms with Crippen LogP contribution in [0.1, 0.15) is 21.7 Å². The minimum absolute atomic E-state index is 0.224. The summed E-state index contributed by atoms with van der Waals surface area (Å²) < 4.78 is 5.65. The summed E-state index contributed by atoms with van der Waals surface area (Å²) in [5, 5.41) is 1.96. The monoisotopic (exact) mass is 338 g/mol. The molecule has 21 heavy (non-hydrogen) atoms. The zero-order valence-corrected chi connectivity index (χ0v) is 13.2. The van der Waals surface area contributed by atoms with E-state index in [1.54, 1.807) is 36.4 Å². The molecule has 0 unspecified atom stereocenters. The van der Waals surface area contributed by atoms with Gasteiger partial charge in [-0.2, -0.15) is 0 Å². The lowest BCUT2D eigenvalue weighted by atomic mass is 10.0. The van der Waals surface area contributed by atoms with Crippen molar-refractivity contribution in [2.45, 2.75) is 6.92 Å². The summed E-state index contributed by atoms with van der Waals surface area (Å²) in [6.45, 7) is 1.81. The van der Waals surface area contributed by atoms with Gasteiger partial charge in [-0.3, -0.25) is 4.79 Å². The first-order valence-corrected chi connectivity index (χ1v) is 7.30. The Morgan fingerprint density at radius 3 is 2.62 bits per heavy atom. The highest BCUT2D eigenvalue weighted by Crippen LogP contribution is 2.32. The number of hydrogen-bond donors (Lipinski definition) is 0. The Kier molecular flexibility index (Phi) is 3.70. The number of benzene rings is 2. The summed E-state index contributed by atoms with van der Waals surface area (Å²) in [7, 11) is 0. The van der Waals surface area contributed by atoms with Crippen molar-refractivity contribution in [3.63, 3.8) is 0 Å². The summed E-state index contributed by atoms with van der Waals surface area (Å²) >= 11 is 18.0. The van der Waals surface area contributed by atoms with Crippen molar-refractivity contribution in [2.24, 2.45) is 0 Å². The molecule has 0 aliphatic heterocycles. The average Bonchev–Trinajstić information content (AvgIpc) is 2.78. The lowest BCUT2D eigenvalue weighted by Gasteiger charge is -2.03. The van der Waals surface area contributed by atoms with Crippen LogP contribution in [0.3, 0.4) is 0 Å². The van der Waals surface area contributed by atoms with Gasteiger partial charge in [-0.15, -0.1) is 0 Å². The van der Waals surface area contributed by atoms with Gasteiger partial charge in [0.25, 0.3) is 0 Å². The van der Waals surface area contributed by atoms with Crippen LogP contribution in [0.5, 0.6) is 0 Å². The number of carbonyl (C=O) groups is 1. The van der Waals surface area contributed by atoms with E-state index < -0.39 is 0 Å². The molecule has 3 aromatic rings. The molecule has 0 N–H and O–H groups in total. The van der Waals surface area contributed by atoms with E-state index in [2.05, 4.69) is 0 Å². The van der Waals surface area contributed by atoms with Gasteiger partial charge in [0.05, 0.1) is 10.0 Å². The molecule has 0 spiro atoms. The SMILES string of the molecule is Cc1c(C(=O)c2cccc(Cl)c2Cl)oc2ccc(Cl)cc12. The topological polar surface area (TPSA) is 30.2 Å². The third-order valence-electron chi connectivity index (χ3n) is 3.30. The van der Waals surface area contributed by atoms with Crippen LogP contribution >= 0.6 is 34.8 Å². The number of carbonyl (C=O) groups excluding carboxylic acids is 1. The third-order valence-corrected chi connectivity index (χ3v) is 4.35. The van der Waals surface area contributed by atoms with E-state index in [4.69, 9.17) is 39.2 Å². The second-order valence-corrected chi connectivity index (χ2v) is 5.85. The standard InChI is InChI=1S/C16H9Cl3O2/c1-8-11-7-9(17)5-6-13(11)21-16(8)15(20)10-3-2-4-12(18)14(10)19/h2-7H,1H3. The summed E-state index contributed by atoms with van der Waals surface area (Å²) in [6, 6.07) is 10.2. The molecule has 0 radical (unpaired) electrons. The minimum atomic E-state index is -0.299. The van der Waals surface area contributed by atoms with Gasteiger partial charge in [0.1, 0.15) is 5.58 Å². The Balaban J connectivity index is 2.18. The number of rotatable bonds is 2. The van der Waals surface area contributed by atoms with E-state index in [0.29, 0.717) is 21.2 Å². The molecule has 0 bridgehead atoms. The molecule has 2 nitrogen and oxygen atoms in total. The summed E-state index contributed by atoms with van der Waals surface area (Å²) in [4.78, 5) is 12.6. The Morgan fingerprint density at radius 1 is 1.10 bits per heavy atom. The fourth-order valence-corrected chi connectivity index (χ4v) is 2.77. The number of hydrogen-bond acceptors (Lipinski definition) is 2. The van der Waals surface area contributed by atoms with Crippen LogP contribution in [-0.2, 0) is 0 Å². The van der Waals surface area contributed by atoms with Crippen molar-refractivity contribution in [2.75, 3.05) is 0 Å². The van der Waals surface area contributed by atoms with Crippen LogP contribution in [0.15, 0.2) is 40.8 Å². The fraction of sp³-hybridized carbons (Fsp3) is 0.0625. The zero-order chi connectivity index (χ0) is 15.1.